The number of nitrogens with zero attached hydrogens (tertiary/aromatic N) is 2. The van der Waals surface area contributed by atoms with E-state index < -0.39 is 5.97 Å². The highest BCUT2D eigenvalue weighted by molar-refractivity contribution is 7.13. The third-order valence-electron chi connectivity index (χ3n) is 2.90. The van der Waals surface area contributed by atoms with Gasteiger partial charge in [0.05, 0.1) is 25.5 Å². The molecule has 1 N–H and O–H groups in total. The van der Waals surface area contributed by atoms with Gasteiger partial charge in [0, 0.05) is 13.1 Å². The lowest BCUT2D eigenvalue weighted by Crippen LogP contribution is -2.35. The number of carboxylic acid groups (broad SMARTS) is 1. The first-order valence-corrected chi connectivity index (χ1v) is 6.92. The van der Waals surface area contributed by atoms with Crippen LogP contribution in [0.1, 0.15) is 40.1 Å². The first-order valence-electron chi connectivity index (χ1n) is 6.11. The Morgan fingerprint density at radius 3 is 2.67 bits per heavy atom. The number of hydrogen-bond acceptors (Lipinski definition) is 5. The van der Waals surface area contributed by atoms with E-state index in [0.29, 0.717) is 10.6 Å². The Labute approximate surface area is 110 Å². The Bertz CT molecular complexity index is 425. The molecule has 5 nitrogen and oxygen atoms in total. The number of rotatable bonds is 4. The first-order chi connectivity index (χ1) is 8.58. The van der Waals surface area contributed by atoms with Gasteiger partial charge in [0.15, 0.2) is 0 Å². The van der Waals surface area contributed by atoms with Gasteiger partial charge in [0.25, 0.3) is 0 Å². The van der Waals surface area contributed by atoms with Crippen LogP contribution in [0.4, 0.5) is 0 Å². The standard InChI is InChI=1S/C12H18N2O3S/c1-8(2)10-11(12(15)16)18-9(13-10)7-14-3-5-17-6-4-14/h8H,3-7H2,1-2H3,(H,15,16). The summed E-state index contributed by atoms with van der Waals surface area (Å²) in [4.78, 5) is 18.3. The zero-order valence-electron chi connectivity index (χ0n) is 10.7. The van der Waals surface area contributed by atoms with Crippen molar-refractivity contribution in [1.29, 1.82) is 0 Å². The molecule has 0 aliphatic carbocycles. The SMILES string of the molecule is CC(C)c1nc(CN2CCOCC2)sc1C(=O)O. The van der Waals surface area contributed by atoms with Crippen LogP contribution >= 0.6 is 11.3 Å². The van der Waals surface area contributed by atoms with Gasteiger partial charge >= 0.3 is 5.97 Å². The molecule has 100 valence electrons. The summed E-state index contributed by atoms with van der Waals surface area (Å²) in [5.41, 5.74) is 0.704. The number of carboxylic acids is 1. The molecule has 0 spiro atoms. The predicted molar refractivity (Wildman–Crippen MR) is 69.3 cm³/mol. The summed E-state index contributed by atoms with van der Waals surface area (Å²) in [5.74, 6) is -0.727. The molecule has 1 aromatic rings. The minimum atomic E-state index is -0.871. The number of aromatic nitrogens is 1. The Balaban J connectivity index is 2.13. The summed E-state index contributed by atoms with van der Waals surface area (Å²) in [6.45, 7) is 7.93. The molecule has 0 unspecified atom stereocenters. The van der Waals surface area contributed by atoms with Crippen molar-refractivity contribution in [2.75, 3.05) is 26.3 Å². The van der Waals surface area contributed by atoms with Crippen LogP contribution in [0, 0.1) is 0 Å². The van der Waals surface area contributed by atoms with Crippen molar-refractivity contribution in [1.82, 2.24) is 9.88 Å². The van der Waals surface area contributed by atoms with Crippen molar-refractivity contribution in [3.63, 3.8) is 0 Å². The third kappa shape index (κ3) is 3.07. The van der Waals surface area contributed by atoms with E-state index in [1.54, 1.807) is 0 Å². The molecule has 0 atom stereocenters. The molecule has 2 heterocycles. The fourth-order valence-corrected chi connectivity index (χ4v) is 3.04. The third-order valence-corrected chi connectivity index (χ3v) is 3.95. The van der Waals surface area contributed by atoms with Gasteiger partial charge in [-0.25, -0.2) is 9.78 Å². The quantitative estimate of drug-likeness (QED) is 0.904. The van der Waals surface area contributed by atoms with Crippen molar-refractivity contribution in [2.24, 2.45) is 0 Å². The molecule has 2 rings (SSSR count). The van der Waals surface area contributed by atoms with Gasteiger partial charge in [-0.05, 0) is 5.92 Å². The van der Waals surface area contributed by atoms with Crippen LogP contribution in [-0.4, -0.2) is 47.3 Å². The average Bonchev–Trinajstić information content (AvgIpc) is 2.74. The van der Waals surface area contributed by atoms with E-state index in [1.807, 2.05) is 13.8 Å². The normalized spacial score (nSPS) is 17.3. The van der Waals surface area contributed by atoms with Crippen LogP contribution in [0.5, 0.6) is 0 Å². The lowest BCUT2D eigenvalue weighted by atomic mass is 10.1. The Morgan fingerprint density at radius 1 is 1.50 bits per heavy atom. The van der Waals surface area contributed by atoms with Crippen molar-refractivity contribution < 1.29 is 14.6 Å². The maximum Gasteiger partial charge on any atom is 0.347 e. The van der Waals surface area contributed by atoms with Crippen molar-refractivity contribution in [2.45, 2.75) is 26.3 Å². The van der Waals surface area contributed by atoms with Crippen LogP contribution in [-0.2, 0) is 11.3 Å². The smallest absolute Gasteiger partial charge is 0.347 e. The molecule has 1 aliphatic heterocycles. The van der Waals surface area contributed by atoms with E-state index in [4.69, 9.17) is 4.74 Å². The fraction of sp³-hybridized carbons (Fsp3) is 0.667. The van der Waals surface area contributed by atoms with Crippen LogP contribution < -0.4 is 0 Å². The summed E-state index contributed by atoms with van der Waals surface area (Å²) in [7, 11) is 0. The van der Waals surface area contributed by atoms with E-state index in [0.717, 1.165) is 37.9 Å². The molecular weight excluding hydrogens is 252 g/mol. The predicted octanol–water partition coefficient (Wildman–Crippen LogP) is 1.80. The zero-order valence-corrected chi connectivity index (χ0v) is 11.5. The molecule has 1 fully saturated rings. The number of aromatic carboxylic acids is 1. The van der Waals surface area contributed by atoms with Crippen molar-refractivity contribution >= 4 is 17.3 Å². The molecule has 1 aliphatic rings. The van der Waals surface area contributed by atoms with Gasteiger partial charge < -0.3 is 9.84 Å². The van der Waals surface area contributed by atoms with E-state index in [2.05, 4.69) is 9.88 Å². The Kier molecular flexibility index (Phi) is 4.31. The maximum atomic E-state index is 11.2. The molecular formula is C12H18N2O3S. The van der Waals surface area contributed by atoms with Gasteiger partial charge in [-0.15, -0.1) is 11.3 Å². The van der Waals surface area contributed by atoms with E-state index in [9.17, 15) is 9.90 Å². The van der Waals surface area contributed by atoms with Crippen molar-refractivity contribution in [3.8, 4) is 0 Å². The van der Waals surface area contributed by atoms with Gasteiger partial charge in [-0.1, -0.05) is 13.8 Å². The highest BCUT2D eigenvalue weighted by Crippen LogP contribution is 2.26. The highest BCUT2D eigenvalue weighted by atomic mass is 32.1. The largest absolute Gasteiger partial charge is 0.477 e. The van der Waals surface area contributed by atoms with Gasteiger partial charge in [0.2, 0.25) is 0 Å². The van der Waals surface area contributed by atoms with Crippen LogP contribution in [0.15, 0.2) is 0 Å². The summed E-state index contributed by atoms with van der Waals surface area (Å²) in [6.07, 6.45) is 0. The summed E-state index contributed by atoms with van der Waals surface area (Å²) >= 11 is 1.30. The molecule has 1 aromatic heterocycles. The molecule has 0 radical (unpaired) electrons. The second kappa shape index (κ2) is 5.77. The molecule has 0 amide bonds. The van der Waals surface area contributed by atoms with E-state index in [1.165, 1.54) is 11.3 Å². The topological polar surface area (TPSA) is 62.7 Å². The van der Waals surface area contributed by atoms with Gasteiger partial charge in [-0.3, -0.25) is 4.90 Å². The summed E-state index contributed by atoms with van der Waals surface area (Å²) < 4.78 is 5.29. The number of carbonyl (C=O) groups is 1. The van der Waals surface area contributed by atoms with E-state index in [-0.39, 0.29) is 5.92 Å². The Morgan fingerprint density at radius 2 is 2.17 bits per heavy atom. The average molecular weight is 270 g/mol. The van der Waals surface area contributed by atoms with Crippen LogP contribution in [0.3, 0.4) is 0 Å². The highest BCUT2D eigenvalue weighted by Gasteiger charge is 2.21. The lowest BCUT2D eigenvalue weighted by molar-refractivity contribution is 0.0341. The first kappa shape index (κ1) is 13.5. The number of hydrogen-bond donors (Lipinski definition) is 1. The molecule has 6 heteroatoms. The second-order valence-corrected chi connectivity index (χ2v) is 5.75. The maximum absolute atomic E-state index is 11.2. The number of morpholine rings is 1. The van der Waals surface area contributed by atoms with Crippen molar-refractivity contribution in [3.05, 3.63) is 15.6 Å². The van der Waals surface area contributed by atoms with Gasteiger partial charge in [0.1, 0.15) is 9.88 Å². The minimum absolute atomic E-state index is 0.144. The molecule has 18 heavy (non-hydrogen) atoms. The molecule has 0 bridgehead atoms. The van der Waals surface area contributed by atoms with Crippen LogP contribution in [0.25, 0.3) is 0 Å². The number of thiazole rings is 1. The summed E-state index contributed by atoms with van der Waals surface area (Å²) in [6, 6.07) is 0. The van der Waals surface area contributed by atoms with Crippen LogP contribution in [0.2, 0.25) is 0 Å². The molecule has 1 saturated heterocycles. The molecule has 0 aromatic carbocycles. The number of ether oxygens (including phenoxy) is 1. The fourth-order valence-electron chi connectivity index (χ4n) is 1.94. The zero-order chi connectivity index (χ0) is 13.1. The lowest BCUT2D eigenvalue weighted by Gasteiger charge is -2.25. The second-order valence-electron chi connectivity index (χ2n) is 4.67. The Hall–Kier alpha value is -0.980. The monoisotopic (exact) mass is 270 g/mol. The van der Waals surface area contributed by atoms with Gasteiger partial charge in [-0.2, -0.15) is 0 Å². The van der Waals surface area contributed by atoms with E-state index >= 15 is 0 Å². The summed E-state index contributed by atoms with van der Waals surface area (Å²) in [5, 5.41) is 10.1. The minimum Gasteiger partial charge on any atom is -0.477 e. The molecule has 0 saturated carbocycles.